The summed E-state index contributed by atoms with van der Waals surface area (Å²) < 4.78 is 0. The minimum atomic E-state index is 0.533. The standard InChI is InChI=1S/C8H4BrN2/c9-6-5-7-1-3-8(11-10)4-2-7/h1-4H/q+1. The van der Waals surface area contributed by atoms with E-state index in [1.807, 2.05) is 0 Å². The van der Waals surface area contributed by atoms with Crippen LogP contribution in [-0.4, -0.2) is 0 Å². The highest BCUT2D eigenvalue weighted by Crippen LogP contribution is 2.11. The van der Waals surface area contributed by atoms with E-state index in [-0.39, 0.29) is 0 Å². The molecule has 0 N–H and O–H groups in total. The monoisotopic (exact) mass is 207 g/mol. The molecular weight excluding hydrogens is 204 g/mol. The van der Waals surface area contributed by atoms with Gasteiger partial charge < -0.3 is 0 Å². The molecule has 0 saturated carbocycles. The molecule has 0 saturated heterocycles. The molecule has 0 heterocycles. The Morgan fingerprint density at radius 3 is 2.36 bits per heavy atom. The van der Waals surface area contributed by atoms with Gasteiger partial charge >= 0.3 is 5.69 Å². The Kier molecular flexibility index (Phi) is 2.66. The number of hydrogen-bond donors (Lipinski definition) is 0. The van der Waals surface area contributed by atoms with Crippen LogP contribution >= 0.6 is 15.9 Å². The maximum absolute atomic E-state index is 8.34. The third-order valence-electron chi connectivity index (χ3n) is 1.17. The van der Waals surface area contributed by atoms with Crippen LogP contribution < -0.4 is 0 Å². The van der Waals surface area contributed by atoms with Crippen molar-refractivity contribution in [3.63, 3.8) is 0 Å². The normalized spacial score (nSPS) is 7.64. The topological polar surface area (TPSA) is 28.1 Å². The molecule has 0 aromatic heterocycles. The molecule has 3 heteroatoms. The SMILES string of the molecule is N#[N+]c1ccc(C#CBr)cc1. The van der Waals surface area contributed by atoms with Gasteiger partial charge in [0.05, 0.1) is 0 Å². The van der Waals surface area contributed by atoms with Gasteiger partial charge in [0, 0.05) is 33.6 Å². The number of rotatable bonds is 0. The molecule has 0 aliphatic carbocycles. The molecule has 0 amide bonds. The Morgan fingerprint density at radius 2 is 1.91 bits per heavy atom. The number of nitrogens with zero attached hydrogens (tertiary/aromatic N) is 2. The molecule has 1 aromatic carbocycles. The largest absolute Gasteiger partial charge is 0.385 e. The summed E-state index contributed by atoms with van der Waals surface area (Å²) in [4.78, 5) is 5.60. The van der Waals surface area contributed by atoms with Crippen LogP contribution in [0.3, 0.4) is 0 Å². The van der Waals surface area contributed by atoms with E-state index >= 15 is 0 Å². The van der Waals surface area contributed by atoms with Crippen LogP contribution in [-0.2, 0) is 0 Å². The summed E-state index contributed by atoms with van der Waals surface area (Å²) in [6.45, 7) is 0. The van der Waals surface area contributed by atoms with Gasteiger partial charge in [-0.25, -0.2) is 0 Å². The van der Waals surface area contributed by atoms with Crippen molar-refractivity contribution in [1.82, 2.24) is 0 Å². The molecule has 0 bridgehead atoms. The lowest BCUT2D eigenvalue weighted by molar-refractivity contribution is 1.46. The lowest BCUT2D eigenvalue weighted by atomic mass is 10.2. The van der Waals surface area contributed by atoms with E-state index < -0.39 is 0 Å². The predicted octanol–water partition coefficient (Wildman–Crippen LogP) is 2.88. The Bertz CT molecular complexity index is 337. The summed E-state index contributed by atoms with van der Waals surface area (Å²) in [7, 11) is 0. The van der Waals surface area contributed by atoms with Gasteiger partial charge in [-0.2, -0.15) is 0 Å². The fraction of sp³-hybridized carbons (Fsp3) is 0. The molecule has 0 spiro atoms. The third-order valence-corrected chi connectivity index (χ3v) is 1.37. The van der Waals surface area contributed by atoms with Crippen molar-refractivity contribution in [3.05, 3.63) is 34.8 Å². The van der Waals surface area contributed by atoms with Crippen LogP contribution in [0.25, 0.3) is 4.98 Å². The first kappa shape index (κ1) is 7.78. The Morgan fingerprint density at radius 1 is 1.27 bits per heavy atom. The molecule has 0 aliphatic rings. The Labute approximate surface area is 73.0 Å². The summed E-state index contributed by atoms with van der Waals surface area (Å²) in [5.74, 6) is 2.80. The zero-order valence-electron chi connectivity index (χ0n) is 5.58. The highest BCUT2D eigenvalue weighted by atomic mass is 79.9. The van der Waals surface area contributed by atoms with Gasteiger partial charge in [-0.05, 0) is 17.0 Å². The van der Waals surface area contributed by atoms with E-state index in [0.717, 1.165) is 5.56 Å². The van der Waals surface area contributed by atoms with Crippen molar-refractivity contribution in [2.24, 2.45) is 0 Å². The molecule has 0 radical (unpaired) electrons. The Balaban J connectivity index is 3.00. The van der Waals surface area contributed by atoms with Gasteiger partial charge in [-0.3, -0.25) is 0 Å². The van der Waals surface area contributed by atoms with Crippen molar-refractivity contribution in [1.29, 1.82) is 5.39 Å². The third kappa shape index (κ3) is 2.07. The summed E-state index contributed by atoms with van der Waals surface area (Å²) in [5.41, 5.74) is 1.42. The minimum absolute atomic E-state index is 0.533. The van der Waals surface area contributed by atoms with Gasteiger partial charge in [0.15, 0.2) is 4.98 Å². The average molecular weight is 208 g/mol. The van der Waals surface area contributed by atoms with Crippen LogP contribution in [0.2, 0.25) is 0 Å². The molecule has 52 valence electrons. The molecule has 1 rings (SSSR count). The Hall–Kier alpha value is -1.32. The predicted molar refractivity (Wildman–Crippen MR) is 47.0 cm³/mol. The molecule has 0 fully saturated rings. The van der Waals surface area contributed by atoms with Gasteiger partial charge in [0.25, 0.3) is 0 Å². The molecule has 0 atom stereocenters. The first-order valence-corrected chi connectivity index (χ1v) is 3.73. The van der Waals surface area contributed by atoms with E-state index in [9.17, 15) is 0 Å². The summed E-state index contributed by atoms with van der Waals surface area (Å²) in [6, 6.07) is 6.94. The van der Waals surface area contributed by atoms with Crippen LogP contribution in [0.15, 0.2) is 24.3 Å². The molecule has 0 unspecified atom stereocenters. The van der Waals surface area contributed by atoms with Crippen LogP contribution in [0.4, 0.5) is 5.69 Å². The van der Waals surface area contributed by atoms with Crippen molar-refractivity contribution in [2.75, 3.05) is 0 Å². The quantitative estimate of drug-likeness (QED) is 0.475. The molecule has 11 heavy (non-hydrogen) atoms. The van der Waals surface area contributed by atoms with Crippen molar-refractivity contribution in [2.45, 2.75) is 0 Å². The highest BCUT2D eigenvalue weighted by Gasteiger charge is 2.00. The zero-order valence-corrected chi connectivity index (χ0v) is 7.17. The summed E-state index contributed by atoms with van der Waals surface area (Å²) in [5, 5.41) is 8.34. The van der Waals surface area contributed by atoms with Gasteiger partial charge in [-0.1, -0.05) is 5.92 Å². The zero-order chi connectivity index (χ0) is 8.10. The van der Waals surface area contributed by atoms with E-state index in [2.05, 4.69) is 31.7 Å². The first-order chi connectivity index (χ1) is 5.36. The molecule has 0 aliphatic heterocycles. The molecule has 1 aromatic rings. The van der Waals surface area contributed by atoms with Crippen molar-refractivity contribution >= 4 is 21.6 Å². The fourth-order valence-electron chi connectivity index (χ4n) is 0.666. The second kappa shape index (κ2) is 3.75. The first-order valence-electron chi connectivity index (χ1n) is 2.93. The lowest BCUT2D eigenvalue weighted by Gasteiger charge is -1.81. The van der Waals surface area contributed by atoms with Crippen molar-refractivity contribution in [3.8, 4) is 10.8 Å². The van der Waals surface area contributed by atoms with E-state index in [1.54, 1.807) is 24.3 Å². The van der Waals surface area contributed by atoms with Gasteiger partial charge in [0.1, 0.15) is 0 Å². The summed E-state index contributed by atoms with van der Waals surface area (Å²) in [6.07, 6.45) is 0. The maximum Gasteiger partial charge on any atom is 0.385 e. The van der Waals surface area contributed by atoms with Gasteiger partial charge in [-0.15, -0.1) is 0 Å². The highest BCUT2D eigenvalue weighted by molar-refractivity contribution is 9.12. The number of hydrogen-bond acceptors (Lipinski definition) is 1. The second-order valence-electron chi connectivity index (χ2n) is 1.87. The van der Waals surface area contributed by atoms with Crippen LogP contribution in [0.5, 0.6) is 0 Å². The maximum atomic E-state index is 8.34. The van der Waals surface area contributed by atoms with Gasteiger partial charge in [0.2, 0.25) is 5.39 Å². The number of diazo groups is 1. The smallest absolute Gasteiger partial charge is 0.0545 e. The molecule has 2 nitrogen and oxygen atoms in total. The van der Waals surface area contributed by atoms with E-state index in [0.29, 0.717) is 5.69 Å². The lowest BCUT2D eigenvalue weighted by Crippen LogP contribution is -1.69. The average Bonchev–Trinajstić information content (AvgIpc) is 2.07. The van der Waals surface area contributed by atoms with E-state index in [4.69, 9.17) is 5.39 Å². The molecular formula is C8H4BrN2+. The fourth-order valence-corrected chi connectivity index (χ4v) is 0.895. The number of halogens is 1. The van der Waals surface area contributed by atoms with E-state index in [1.165, 1.54) is 0 Å². The number of benzene rings is 1. The summed E-state index contributed by atoms with van der Waals surface area (Å²) >= 11 is 2.99. The van der Waals surface area contributed by atoms with Crippen molar-refractivity contribution < 1.29 is 0 Å². The second-order valence-corrected chi connectivity index (χ2v) is 2.26. The minimum Gasteiger partial charge on any atom is -0.0545 e. The van der Waals surface area contributed by atoms with Crippen LogP contribution in [0, 0.1) is 16.1 Å². The van der Waals surface area contributed by atoms with Crippen LogP contribution in [0.1, 0.15) is 5.56 Å².